The second-order valence-corrected chi connectivity index (χ2v) is 5.23. The highest BCUT2D eigenvalue weighted by atomic mass is 16.1. The van der Waals surface area contributed by atoms with E-state index in [4.69, 9.17) is 0 Å². The maximum Gasteiger partial charge on any atom is 0.252 e. The van der Waals surface area contributed by atoms with Gasteiger partial charge in [0.15, 0.2) is 0 Å². The van der Waals surface area contributed by atoms with Crippen molar-refractivity contribution in [3.63, 3.8) is 0 Å². The molecule has 0 aromatic heterocycles. The summed E-state index contributed by atoms with van der Waals surface area (Å²) in [5.41, 5.74) is 0.520. The van der Waals surface area contributed by atoms with Gasteiger partial charge in [0.25, 0.3) is 5.91 Å². The molecule has 2 nitrogen and oxygen atoms in total. The first kappa shape index (κ1) is 15.2. The van der Waals surface area contributed by atoms with Crippen LogP contribution >= 0.6 is 0 Å². The zero-order valence-corrected chi connectivity index (χ0v) is 12.4. The number of carbonyl (C=O) groups is 1. The van der Waals surface area contributed by atoms with E-state index >= 15 is 0 Å². The van der Waals surface area contributed by atoms with Crippen LogP contribution in [0.2, 0.25) is 0 Å². The first-order chi connectivity index (χ1) is 8.97. The number of carbonyl (C=O) groups excluding carboxylic acids is 1. The Labute approximate surface area is 115 Å². The van der Waals surface area contributed by atoms with E-state index in [-0.39, 0.29) is 11.4 Å². The Morgan fingerprint density at radius 1 is 0.947 bits per heavy atom. The van der Waals surface area contributed by atoms with Crippen LogP contribution in [0.1, 0.15) is 45.0 Å². The number of fused-ring (bicyclic) bond motifs is 1. The van der Waals surface area contributed by atoms with Gasteiger partial charge in [0, 0.05) is 11.1 Å². The monoisotopic (exact) mass is 257 g/mol. The fourth-order valence-corrected chi connectivity index (χ4v) is 1.83. The highest BCUT2D eigenvalue weighted by Gasteiger charge is 2.16. The summed E-state index contributed by atoms with van der Waals surface area (Å²) in [4.78, 5) is 12.2. The highest BCUT2D eigenvalue weighted by molar-refractivity contribution is 6.07. The summed E-state index contributed by atoms with van der Waals surface area (Å²) in [5.74, 6) is -0.0192. The maximum atomic E-state index is 12.2. The zero-order valence-electron chi connectivity index (χ0n) is 12.4. The molecule has 0 radical (unpaired) electrons. The summed E-state index contributed by atoms with van der Waals surface area (Å²) in [6.07, 6.45) is 0. The number of hydrogen-bond acceptors (Lipinski definition) is 1. The summed E-state index contributed by atoms with van der Waals surface area (Å²) in [7, 11) is 0. The fraction of sp³-hybridized carbons (Fsp3) is 0.353. The van der Waals surface area contributed by atoms with Gasteiger partial charge < -0.3 is 5.32 Å². The average Bonchev–Trinajstić information content (AvgIpc) is 2.38. The zero-order chi connectivity index (χ0) is 14.5. The number of amides is 1. The van der Waals surface area contributed by atoms with E-state index in [1.54, 1.807) is 0 Å². The predicted octanol–water partition coefficient (Wildman–Crippen LogP) is 4.39. The first-order valence-electron chi connectivity index (χ1n) is 6.78. The molecular formula is C17H23NO. The molecule has 1 amide bonds. The molecule has 2 rings (SSSR count). The minimum absolute atomic E-state index is 0.0192. The van der Waals surface area contributed by atoms with Gasteiger partial charge in [0.05, 0.1) is 0 Å². The van der Waals surface area contributed by atoms with Crippen molar-refractivity contribution in [3.8, 4) is 0 Å². The van der Waals surface area contributed by atoms with E-state index in [9.17, 15) is 4.79 Å². The van der Waals surface area contributed by atoms with Gasteiger partial charge in [-0.05, 0) is 37.6 Å². The van der Waals surface area contributed by atoms with E-state index in [0.717, 1.165) is 16.3 Å². The van der Waals surface area contributed by atoms with Crippen molar-refractivity contribution in [1.29, 1.82) is 0 Å². The minimum Gasteiger partial charge on any atom is -0.347 e. The molecule has 0 fully saturated rings. The Morgan fingerprint density at radius 2 is 1.53 bits per heavy atom. The minimum atomic E-state index is -0.214. The molecule has 2 heteroatoms. The lowest BCUT2D eigenvalue weighted by atomic mass is 10.0. The second kappa shape index (κ2) is 6.37. The normalized spacial score (nSPS) is 10.6. The smallest absolute Gasteiger partial charge is 0.252 e. The molecule has 1 N–H and O–H groups in total. The van der Waals surface area contributed by atoms with Crippen molar-refractivity contribution < 1.29 is 4.79 Å². The topological polar surface area (TPSA) is 29.1 Å². The molecule has 0 spiro atoms. The third kappa shape index (κ3) is 4.09. The third-order valence-corrected chi connectivity index (χ3v) is 2.52. The van der Waals surface area contributed by atoms with Crippen molar-refractivity contribution in [1.82, 2.24) is 5.32 Å². The molecule has 0 aliphatic heterocycles. The molecule has 102 valence electrons. The predicted molar refractivity (Wildman–Crippen MR) is 82.5 cm³/mol. The van der Waals surface area contributed by atoms with Crippen LogP contribution < -0.4 is 5.32 Å². The third-order valence-electron chi connectivity index (χ3n) is 2.52. The van der Waals surface area contributed by atoms with Crippen LogP contribution in [0, 0.1) is 0 Å². The lowest BCUT2D eigenvalue weighted by molar-refractivity contribution is 0.0921. The van der Waals surface area contributed by atoms with Crippen LogP contribution in [0.4, 0.5) is 0 Å². The van der Waals surface area contributed by atoms with Gasteiger partial charge in [0.1, 0.15) is 0 Å². The Bertz CT molecular complexity index is 547. The van der Waals surface area contributed by atoms with Gasteiger partial charge in [-0.25, -0.2) is 0 Å². The summed E-state index contributed by atoms with van der Waals surface area (Å²) < 4.78 is 0. The van der Waals surface area contributed by atoms with E-state index < -0.39 is 0 Å². The lowest BCUT2D eigenvalue weighted by Crippen LogP contribution is -2.40. The van der Waals surface area contributed by atoms with Gasteiger partial charge in [-0.1, -0.05) is 50.2 Å². The summed E-state index contributed by atoms with van der Waals surface area (Å²) in [6, 6.07) is 13.7. The van der Waals surface area contributed by atoms with Crippen molar-refractivity contribution in [3.05, 3.63) is 48.0 Å². The van der Waals surface area contributed by atoms with Crippen LogP contribution in [0.15, 0.2) is 42.5 Å². The Hall–Kier alpha value is -1.83. The Balaban J connectivity index is 0.000000861. The Morgan fingerprint density at radius 3 is 2.16 bits per heavy atom. The van der Waals surface area contributed by atoms with Crippen molar-refractivity contribution in [2.24, 2.45) is 0 Å². The molecular weight excluding hydrogens is 234 g/mol. The SMILES string of the molecule is CC.CC(C)(C)NC(=O)c1cccc2ccccc12. The summed E-state index contributed by atoms with van der Waals surface area (Å²) in [5, 5.41) is 5.08. The van der Waals surface area contributed by atoms with E-state index in [1.807, 2.05) is 77.1 Å². The molecule has 2 aromatic carbocycles. The van der Waals surface area contributed by atoms with Crippen LogP contribution in [0.25, 0.3) is 10.8 Å². The van der Waals surface area contributed by atoms with Gasteiger partial charge in [-0.3, -0.25) is 4.79 Å². The van der Waals surface area contributed by atoms with E-state index in [2.05, 4.69) is 5.32 Å². The molecule has 0 aliphatic carbocycles. The number of nitrogens with one attached hydrogen (secondary N) is 1. The molecule has 19 heavy (non-hydrogen) atoms. The quantitative estimate of drug-likeness (QED) is 0.806. The highest BCUT2D eigenvalue weighted by Crippen LogP contribution is 2.18. The first-order valence-corrected chi connectivity index (χ1v) is 6.78. The van der Waals surface area contributed by atoms with Crippen LogP contribution in [0.3, 0.4) is 0 Å². The van der Waals surface area contributed by atoms with E-state index in [1.165, 1.54) is 0 Å². The number of benzene rings is 2. The van der Waals surface area contributed by atoms with Gasteiger partial charge >= 0.3 is 0 Å². The molecule has 0 saturated carbocycles. The van der Waals surface area contributed by atoms with Crippen molar-refractivity contribution >= 4 is 16.7 Å². The van der Waals surface area contributed by atoms with Gasteiger partial charge in [-0.15, -0.1) is 0 Å². The lowest BCUT2D eigenvalue weighted by Gasteiger charge is -2.21. The molecule has 0 bridgehead atoms. The molecule has 0 aliphatic rings. The van der Waals surface area contributed by atoms with Gasteiger partial charge in [0.2, 0.25) is 0 Å². The molecule has 0 atom stereocenters. The summed E-state index contributed by atoms with van der Waals surface area (Å²) in [6.45, 7) is 9.95. The largest absolute Gasteiger partial charge is 0.347 e. The standard InChI is InChI=1S/C15H17NO.C2H6/c1-15(2,3)16-14(17)13-10-6-8-11-7-4-5-9-12(11)13;1-2/h4-10H,1-3H3,(H,16,17);1-2H3. The molecule has 0 saturated heterocycles. The van der Waals surface area contributed by atoms with Crippen LogP contribution in [-0.4, -0.2) is 11.4 Å². The molecule has 0 unspecified atom stereocenters. The second-order valence-electron chi connectivity index (χ2n) is 5.23. The Kier molecular flexibility index (Phi) is 5.11. The maximum absolute atomic E-state index is 12.2. The van der Waals surface area contributed by atoms with Crippen molar-refractivity contribution in [2.75, 3.05) is 0 Å². The van der Waals surface area contributed by atoms with E-state index in [0.29, 0.717) is 0 Å². The van der Waals surface area contributed by atoms with Crippen LogP contribution in [0.5, 0.6) is 0 Å². The summed E-state index contributed by atoms with van der Waals surface area (Å²) >= 11 is 0. The number of rotatable bonds is 1. The fourth-order valence-electron chi connectivity index (χ4n) is 1.83. The number of hydrogen-bond donors (Lipinski definition) is 1. The average molecular weight is 257 g/mol. The van der Waals surface area contributed by atoms with Crippen LogP contribution in [-0.2, 0) is 0 Å². The molecule has 0 heterocycles. The molecule has 2 aromatic rings. The van der Waals surface area contributed by atoms with Gasteiger partial charge in [-0.2, -0.15) is 0 Å². The van der Waals surface area contributed by atoms with Crippen molar-refractivity contribution in [2.45, 2.75) is 40.2 Å².